The second kappa shape index (κ2) is 7.12. The number of sulfone groups is 1. The van der Waals surface area contributed by atoms with Gasteiger partial charge < -0.3 is 5.73 Å². The first-order valence-electron chi connectivity index (χ1n) is 6.26. The maximum atomic E-state index is 11.8. The summed E-state index contributed by atoms with van der Waals surface area (Å²) in [5.41, 5.74) is 5.46. The molecule has 1 rings (SSSR count). The predicted molar refractivity (Wildman–Crippen MR) is 82.9 cm³/mol. The van der Waals surface area contributed by atoms with Gasteiger partial charge in [0.05, 0.1) is 16.5 Å². The molecule has 7 nitrogen and oxygen atoms in total. The van der Waals surface area contributed by atoms with Crippen molar-refractivity contribution in [1.82, 2.24) is 9.62 Å². The molecule has 1 aliphatic heterocycles. The van der Waals surface area contributed by atoms with Gasteiger partial charge in [-0.15, -0.1) is 0 Å². The molecule has 0 aliphatic carbocycles. The van der Waals surface area contributed by atoms with Crippen LogP contribution in [0, 0.1) is 0 Å². The molecule has 1 aliphatic rings. The number of nitrogens with two attached hydrogens (primary N) is 1. The number of thiocarbonyl (C=S) groups is 1. The van der Waals surface area contributed by atoms with Gasteiger partial charge in [-0.25, -0.2) is 21.6 Å². The summed E-state index contributed by atoms with van der Waals surface area (Å²) in [6.07, 6.45) is 2.36. The molecule has 0 amide bonds. The van der Waals surface area contributed by atoms with Crippen molar-refractivity contribution in [1.29, 1.82) is 0 Å². The van der Waals surface area contributed by atoms with Crippen LogP contribution in [0.3, 0.4) is 0 Å². The third-order valence-corrected chi connectivity index (χ3v) is 5.80. The molecule has 1 saturated heterocycles. The quantitative estimate of drug-likeness (QED) is 0.553. The van der Waals surface area contributed by atoms with E-state index in [2.05, 4.69) is 9.62 Å². The summed E-state index contributed by atoms with van der Waals surface area (Å²) in [6, 6.07) is -0.151. The Morgan fingerprint density at radius 1 is 1.25 bits per heavy atom. The minimum Gasteiger partial charge on any atom is -0.392 e. The zero-order valence-electron chi connectivity index (χ0n) is 11.4. The molecule has 1 heterocycles. The van der Waals surface area contributed by atoms with E-state index in [0.29, 0.717) is 24.4 Å². The van der Waals surface area contributed by atoms with Gasteiger partial charge in [-0.3, -0.25) is 4.90 Å². The van der Waals surface area contributed by atoms with Crippen LogP contribution in [0.5, 0.6) is 0 Å². The maximum absolute atomic E-state index is 11.8. The van der Waals surface area contributed by atoms with E-state index in [-0.39, 0.29) is 17.5 Å². The predicted octanol–water partition coefficient (Wildman–Crippen LogP) is -1.30. The van der Waals surface area contributed by atoms with E-state index in [9.17, 15) is 16.8 Å². The number of piperidine rings is 1. The fourth-order valence-electron chi connectivity index (χ4n) is 2.00. The normalized spacial score (nSPS) is 19.1. The van der Waals surface area contributed by atoms with E-state index in [1.807, 2.05) is 0 Å². The van der Waals surface area contributed by atoms with Gasteiger partial charge in [0.15, 0.2) is 0 Å². The fraction of sp³-hybridized carbons (Fsp3) is 0.900. The molecule has 0 aromatic carbocycles. The van der Waals surface area contributed by atoms with Gasteiger partial charge in [-0.05, 0) is 12.8 Å². The lowest BCUT2D eigenvalue weighted by Crippen LogP contribution is -2.47. The van der Waals surface area contributed by atoms with E-state index in [1.165, 1.54) is 0 Å². The Bertz CT molecular complexity index is 536. The minimum atomic E-state index is -3.55. The van der Waals surface area contributed by atoms with Crippen LogP contribution >= 0.6 is 12.2 Å². The van der Waals surface area contributed by atoms with E-state index < -0.39 is 19.9 Å². The molecular weight excluding hydrogens is 322 g/mol. The van der Waals surface area contributed by atoms with Crippen molar-refractivity contribution in [3.05, 3.63) is 0 Å². The van der Waals surface area contributed by atoms with Crippen LogP contribution in [-0.4, -0.2) is 70.2 Å². The third-order valence-electron chi connectivity index (χ3n) is 3.04. The van der Waals surface area contributed by atoms with Crippen LogP contribution < -0.4 is 10.5 Å². The smallest absolute Gasteiger partial charge is 0.212 e. The largest absolute Gasteiger partial charge is 0.392 e. The molecule has 20 heavy (non-hydrogen) atoms. The van der Waals surface area contributed by atoms with Crippen molar-refractivity contribution >= 4 is 37.1 Å². The third kappa shape index (κ3) is 7.48. The number of hydrogen-bond acceptors (Lipinski definition) is 6. The zero-order chi connectivity index (χ0) is 15.4. The van der Waals surface area contributed by atoms with Crippen LogP contribution in [0.2, 0.25) is 0 Å². The Balaban J connectivity index is 2.41. The van der Waals surface area contributed by atoms with Crippen LogP contribution in [-0.2, 0) is 19.9 Å². The standard InChI is InChI=1S/C10H21N3O4S3/c1-19(14,15)6-7-20(16,17)12-9-2-4-13(5-3-9)8-10(11)18/h9,12H,2-8H2,1H3,(H2,11,18). The Morgan fingerprint density at radius 3 is 2.25 bits per heavy atom. The van der Waals surface area contributed by atoms with Gasteiger partial charge in [0.25, 0.3) is 0 Å². The van der Waals surface area contributed by atoms with Gasteiger partial charge in [-0.1, -0.05) is 12.2 Å². The topological polar surface area (TPSA) is 110 Å². The van der Waals surface area contributed by atoms with E-state index >= 15 is 0 Å². The molecule has 0 aromatic heterocycles. The fourth-order valence-corrected chi connectivity index (χ4v) is 5.14. The summed E-state index contributed by atoms with van der Waals surface area (Å²) in [5, 5.41) is 0. The molecular formula is C10H21N3O4S3. The monoisotopic (exact) mass is 343 g/mol. The highest BCUT2D eigenvalue weighted by Crippen LogP contribution is 2.11. The number of sulfonamides is 1. The van der Waals surface area contributed by atoms with Crippen molar-refractivity contribution in [2.45, 2.75) is 18.9 Å². The Morgan fingerprint density at radius 2 is 1.80 bits per heavy atom. The molecule has 0 radical (unpaired) electrons. The Labute approximate surface area is 125 Å². The number of nitrogens with zero attached hydrogens (tertiary/aromatic N) is 1. The maximum Gasteiger partial charge on any atom is 0.212 e. The SMILES string of the molecule is CS(=O)(=O)CCS(=O)(=O)NC1CCN(CC(N)=S)CC1. The second-order valence-corrected chi connectivity index (χ2v) is 9.74. The average molecular weight is 343 g/mol. The first-order valence-corrected chi connectivity index (χ1v) is 10.4. The van der Waals surface area contributed by atoms with Gasteiger partial charge >= 0.3 is 0 Å². The molecule has 0 unspecified atom stereocenters. The molecule has 0 aromatic rings. The summed E-state index contributed by atoms with van der Waals surface area (Å²) in [5.74, 6) is -0.748. The Kier molecular flexibility index (Phi) is 6.32. The molecule has 1 fully saturated rings. The first-order chi connectivity index (χ1) is 9.07. The van der Waals surface area contributed by atoms with Crippen LogP contribution in [0.1, 0.15) is 12.8 Å². The second-order valence-electron chi connectivity index (χ2n) is 5.08. The molecule has 0 saturated carbocycles. The molecule has 3 N–H and O–H groups in total. The summed E-state index contributed by atoms with van der Waals surface area (Å²) in [7, 11) is -6.83. The number of rotatable bonds is 7. The lowest BCUT2D eigenvalue weighted by atomic mass is 10.1. The van der Waals surface area contributed by atoms with Crippen molar-refractivity contribution in [3.63, 3.8) is 0 Å². The van der Waals surface area contributed by atoms with Gasteiger partial charge in [-0.2, -0.15) is 0 Å². The number of likely N-dealkylation sites (tertiary alicyclic amines) is 1. The van der Waals surface area contributed by atoms with Crippen LogP contribution in [0.4, 0.5) is 0 Å². The van der Waals surface area contributed by atoms with E-state index in [0.717, 1.165) is 19.3 Å². The van der Waals surface area contributed by atoms with Crippen molar-refractivity contribution < 1.29 is 16.8 Å². The zero-order valence-corrected chi connectivity index (χ0v) is 13.9. The van der Waals surface area contributed by atoms with Crippen molar-refractivity contribution in [2.24, 2.45) is 5.73 Å². The number of hydrogen-bond donors (Lipinski definition) is 2. The highest BCUT2D eigenvalue weighted by Gasteiger charge is 2.24. The number of nitrogens with one attached hydrogen (secondary N) is 1. The van der Waals surface area contributed by atoms with Gasteiger partial charge in [0, 0.05) is 31.9 Å². The summed E-state index contributed by atoms with van der Waals surface area (Å²) < 4.78 is 48.1. The molecule has 10 heteroatoms. The highest BCUT2D eigenvalue weighted by molar-refractivity contribution is 7.93. The van der Waals surface area contributed by atoms with E-state index in [4.69, 9.17) is 18.0 Å². The first kappa shape index (κ1) is 17.8. The Hall–Kier alpha value is -0.290. The van der Waals surface area contributed by atoms with Crippen molar-refractivity contribution in [2.75, 3.05) is 37.4 Å². The van der Waals surface area contributed by atoms with Crippen LogP contribution in [0.15, 0.2) is 0 Å². The average Bonchev–Trinajstić information content (AvgIpc) is 2.28. The molecule has 118 valence electrons. The molecule has 0 atom stereocenters. The minimum absolute atomic E-state index is 0.151. The molecule has 0 spiro atoms. The van der Waals surface area contributed by atoms with Crippen molar-refractivity contribution in [3.8, 4) is 0 Å². The lowest BCUT2D eigenvalue weighted by Gasteiger charge is -2.31. The van der Waals surface area contributed by atoms with Crippen LogP contribution in [0.25, 0.3) is 0 Å². The summed E-state index contributed by atoms with van der Waals surface area (Å²) in [4.78, 5) is 2.50. The highest BCUT2D eigenvalue weighted by atomic mass is 32.2. The summed E-state index contributed by atoms with van der Waals surface area (Å²) in [6.45, 7) is 1.98. The van der Waals surface area contributed by atoms with Gasteiger partial charge in [0.1, 0.15) is 9.84 Å². The molecule has 0 bridgehead atoms. The lowest BCUT2D eigenvalue weighted by molar-refractivity contribution is 0.233. The van der Waals surface area contributed by atoms with E-state index in [1.54, 1.807) is 0 Å². The summed E-state index contributed by atoms with van der Waals surface area (Å²) >= 11 is 4.83. The van der Waals surface area contributed by atoms with Gasteiger partial charge in [0.2, 0.25) is 10.0 Å².